The fourth-order valence-electron chi connectivity index (χ4n) is 2.24. The zero-order chi connectivity index (χ0) is 18.1. The maximum absolute atomic E-state index is 12.8. The highest BCUT2D eigenvalue weighted by atomic mass is 32.2. The Labute approximate surface area is 141 Å². The molecule has 0 saturated heterocycles. The van der Waals surface area contributed by atoms with Crippen molar-refractivity contribution in [2.45, 2.75) is 44.2 Å². The van der Waals surface area contributed by atoms with E-state index >= 15 is 0 Å². The van der Waals surface area contributed by atoms with Gasteiger partial charge in [0.15, 0.2) is 0 Å². The molecule has 0 aliphatic carbocycles. The zero-order valence-corrected chi connectivity index (χ0v) is 14.9. The van der Waals surface area contributed by atoms with Gasteiger partial charge in [-0.1, -0.05) is 32.9 Å². The van der Waals surface area contributed by atoms with Crippen molar-refractivity contribution in [3.05, 3.63) is 48.0 Å². The van der Waals surface area contributed by atoms with Gasteiger partial charge in [0.1, 0.15) is 5.82 Å². The minimum atomic E-state index is -3.78. The van der Waals surface area contributed by atoms with Gasteiger partial charge in [-0.25, -0.2) is 13.4 Å². The molecule has 0 unspecified atom stereocenters. The Balaban J connectivity index is 2.24. The van der Waals surface area contributed by atoms with Gasteiger partial charge in [-0.15, -0.1) is 0 Å². The van der Waals surface area contributed by atoms with Gasteiger partial charge >= 0.3 is 6.55 Å². The van der Waals surface area contributed by atoms with E-state index in [1.807, 2.05) is 20.8 Å². The maximum atomic E-state index is 12.8. The Bertz CT molecular complexity index is 793. The topological polar surface area (TPSA) is 55.2 Å². The molecule has 1 aromatic carbocycles. The van der Waals surface area contributed by atoms with E-state index in [9.17, 15) is 17.2 Å². The van der Waals surface area contributed by atoms with Gasteiger partial charge in [-0.3, -0.25) is 4.57 Å². The summed E-state index contributed by atoms with van der Waals surface area (Å²) >= 11 is 0. The van der Waals surface area contributed by atoms with Crippen LogP contribution in [0.25, 0.3) is 0 Å². The van der Waals surface area contributed by atoms with Crippen molar-refractivity contribution >= 4 is 10.0 Å². The number of hydrogen-bond donors (Lipinski definition) is 0. The first-order valence-corrected chi connectivity index (χ1v) is 8.84. The van der Waals surface area contributed by atoms with Crippen molar-refractivity contribution in [3.8, 4) is 0 Å². The third kappa shape index (κ3) is 3.81. The van der Waals surface area contributed by atoms with Crippen LogP contribution in [0.4, 0.5) is 8.78 Å². The van der Waals surface area contributed by atoms with Gasteiger partial charge in [-0.05, 0) is 23.1 Å². The van der Waals surface area contributed by atoms with Crippen molar-refractivity contribution in [3.63, 3.8) is 0 Å². The Hall–Kier alpha value is -1.80. The summed E-state index contributed by atoms with van der Waals surface area (Å²) in [5, 5.41) is 0. The fourth-order valence-corrected chi connectivity index (χ4v) is 3.36. The van der Waals surface area contributed by atoms with Gasteiger partial charge in [0, 0.05) is 19.4 Å². The van der Waals surface area contributed by atoms with Crippen LogP contribution in [0, 0.1) is 0 Å². The van der Waals surface area contributed by atoms with Gasteiger partial charge < -0.3 is 0 Å². The minimum Gasteiger partial charge on any atom is -0.277 e. The Morgan fingerprint density at radius 1 is 1.21 bits per heavy atom. The standard InChI is InChI=1S/C16H21F2N3O2S/c1-16(2,3)12-5-7-13(8-6-12)24(22,23)20(4)11-14-19-9-10-21(14)15(17)18/h5-10,15H,11H2,1-4H3. The zero-order valence-electron chi connectivity index (χ0n) is 14.1. The molecular weight excluding hydrogens is 336 g/mol. The highest BCUT2D eigenvalue weighted by Crippen LogP contribution is 2.25. The number of nitrogens with zero attached hydrogens (tertiary/aromatic N) is 3. The second kappa shape index (κ2) is 6.60. The van der Waals surface area contributed by atoms with Crippen LogP contribution in [0.3, 0.4) is 0 Å². The number of halogens is 2. The Kier molecular flexibility index (Phi) is 5.10. The molecule has 1 heterocycles. The number of benzene rings is 1. The average molecular weight is 357 g/mol. The minimum absolute atomic E-state index is 0.0117. The molecule has 2 rings (SSSR count). The largest absolute Gasteiger partial charge is 0.319 e. The molecule has 0 aliphatic rings. The second-order valence-electron chi connectivity index (χ2n) is 6.56. The molecule has 8 heteroatoms. The first kappa shape index (κ1) is 18.5. The highest BCUT2D eigenvalue weighted by molar-refractivity contribution is 7.89. The number of alkyl halides is 2. The molecule has 0 spiro atoms. The lowest BCUT2D eigenvalue weighted by Crippen LogP contribution is -2.28. The lowest BCUT2D eigenvalue weighted by atomic mass is 9.87. The van der Waals surface area contributed by atoms with Crippen molar-refractivity contribution in [1.29, 1.82) is 0 Å². The monoisotopic (exact) mass is 357 g/mol. The fraction of sp³-hybridized carbons (Fsp3) is 0.438. The van der Waals surface area contributed by atoms with E-state index in [2.05, 4.69) is 4.98 Å². The molecule has 0 saturated carbocycles. The summed E-state index contributed by atoms with van der Waals surface area (Å²) in [5.41, 5.74) is 0.924. The van der Waals surface area contributed by atoms with Crippen molar-refractivity contribution < 1.29 is 17.2 Å². The van der Waals surface area contributed by atoms with Crippen LogP contribution < -0.4 is 0 Å². The summed E-state index contributed by atoms with van der Waals surface area (Å²) in [7, 11) is -2.44. The first-order chi connectivity index (χ1) is 11.0. The van der Waals surface area contributed by atoms with E-state index in [0.29, 0.717) is 4.57 Å². The molecule has 0 aliphatic heterocycles. The molecule has 5 nitrogen and oxygen atoms in total. The molecule has 0 radical (unpaired) electrons. The van der Waals surface area contributed by atoms with Crippen molar-refractivity contribution in [2.75, 3.05) is 7.05 Å². The van der Waals surface area contributed by atoms with E-state index in [-0.39, 0.29) is 22.7 Å². The number of rotatable bonds is 5. The van der Waals surface area contributed by atoms with Crippen molar-refractivity contribution in [2.24, 2.45) is 0 Å². The average Bonchev–Trinajstić information content (AvgIpc) is 2.94. The smallest absolute Gasteiger partial charge is 0.277 e. The molecule has 0 amide bonds. The number of imidazole rings is 1. The van der Waals surface area contributed by atoms with E-state index in [4.69, 9.17) is 0 Å². The highest BCUT2D eigenvalue weighted by Gasteiger charge is 2.24. The predicted octanol–water partition coefficient (Wildman–Crippen LogP) is 3.40. The van der Waals surface area contributed by atoms with Crippen LogP contribution in [-0.4, -0.2) is 29.3 Å². The third-order valence-electron chi connectivity index (χ3n) is 3.75. The van der Waals surface area contributed by atoms with E-state index in [1.165, 1.54) is 25.4 Å². The second-order valence-corrected chi connectivity index (χ2v) is 8.61. The van der Waals surface area contributed by atoms with Crippen LogP contribution in [-0.2, 0) is 22.0 Å². The molecule has 0 N–H and O–H groups in total. The summed E-state index contributed by atoms with van der Waals surface area (Å²) in [4.78, 5) is 3.93. The lowest BCUT2D eigenvalue weighted by molar-refractivity contribution is 0.0658. The SMILES string of the molecule is CN(Cc1nccn1C(F)F)S(=O)(=O)c1ccc(C(C)(C)C)cc1. The lowest BCUT2D eigenvalue weighted by Gasteiger charge is -2.21. The number of sulfonamides is 1. The summed E-state index contributed by atoms with van der Waals surface area (Å²) < 4.78 is 52.5. The summed E-state index contributed by atoms with van der Waals surface area (Å²) in [6, 6.07) is 6.60. The first-order valence-electron chi connectivity index (χ1n) is 7.40. The molecule has 0 fully saturated rings. The number of hydrogen-bond acceptors (Lipinski definition) is 3. The molecule has 2 aromatic rings. The Morgan fingerprint density at radius 2 is 1.79 bits per heavy atom. The molecular formula is C16H21F2N3O2S. The summed E-state index contributed by atoms with van der Waals surface area (Å²) in [6.07, 6.45) is 2.35. The van der Waals surface area contributed by atoms with Gasteiger partial charge in [-0.2, -0.15) is 13.1 Å². The van der Waals surface area contributed by atoms with Crippen molar-refractivity contribution in [1.82, 2.24) is 13.9 Å². The van der Waals surface area contributed by atoms with Crippen LogP contribution in [0.1, 0.15) is 38.7 Å². The van der Waals surface area contributed by atoms with Gasteiger partial charge in [0.05, 0.1) is 11.4 Å². The summed E-state index contributed by atoms with van der Waals surface area (Å²) in [6.45, 7) is 3.11. The predicted molar refractivity (Wildman–Crippen MR) is 87.3 cm³/mol. The van der Waals surface area contributed by atoms with E-state index in [1.54, 1.807) is 12.1 Å². The third-order valence-corrected chi connectivity index (χ3v) is 5.57. The van der Waals surface area contributed by atoms with Crippen LogP contribution in [0.2, 0.25) is 0 Å². The normalized spacial score (nSPS) is 13.0. The quantitative estimate of drug-likeness (QED) is 0.824. The van der Waals surface area contributed by atoms with Gasteiger partial charge in [0.25, 0.3) is 0 Å². The molecule has 0 atom stereocenters. The van der Waals surface area contributed by atoms with Crippen LogP contribution in [0.15, 0.2) is 41.6 Å². The molecule has 132 valence electrons. The van der Waals surface area contributed by atoms with E-state index in [0.717, 1.165) is 16.1 Å². The maximum Gasteiger partial charge on any atom is 0.319 e. The van der Waals surface area contributed by atoms with E-state index < -0.39 is 16.6 Å². The van der Waals surface area contributed by atoms with Crippen LogP contribution >= 0.6 is 0 Å². The number of aromatic nitrogens is 2. The van der Waals surface area contributed by atoms with Gasteiger partial charge in [0.2, 0.25) is 10.0 Å². The molecule has 24 heavy (non-hydrogen) atoms. The molecule has 1 aromatic heterocycles. The Morgan fingerprint density at radius 3 is 2.29 bits per heavy atom. The summed E-state index contributed by atoms with van der Waals surface area (Å²) in [5.74, 6) is -0.0117. The van der Waals surface area contributed by atoms with Crippen LogP contribution in [0.5, 0.6) is 0 Å². The molecule has 0 bridgehead atoms.